The van der Waals surface area contributed by atoms with Crippen LogP contribution in [0.4, 0.5) is 0 Å². The van der Waals surface area contributed by atoms with Crippen LogP contribution in [0.1, 0.15) is 32.1 Å². The first-order valence-electron chi connectivity index (χ1n) is 4.61. The molecule has 1 aliphatic carbocycles. The van der Waals surface area contributed by atoms with Crippen LogP contribution >= 0.6 is 0 Å². The molecule has 0 N–H and O–H groups in total. The van der Waals surface area contributed by atoms with Gasteiger partial charge in [0.25, 0.3) is 0 Å². The second-order valence-corrected chi connectivity index (χ2v) is 5.85. The highest BCUT2D eigenvalue weighted by Crippen LogP contribution is 2.22. The van der Waals surface area contributed by atoms with Crippen molar-refractivity contribution in [1.29, 1.82) is 0 Å². The first kappa shape index (κ1) is 8.87. The van der Waals surface area contributed by atoms with Crippen molar-refractivity contribution in [1.82, 2.24) is 0 Å². The van der Waals surface area contributed by atoms with E-state index >= 15 is 0 Å². The molecule has 0 heterocycles. The van der Waals surface area contributed by atoms with Crippen molar-refractivity contribution in [2.45, 2.75) is 45.2 Å². The lowest BCUT2D eigenvalue weighted by Gasteiger charge is -2.15. The lowest BCUT2D eigenvalue weighted by Crippen LogP contribution is -2.04. The summed E-state index contributed by atoms with van der Waals surface area (Å²) in [7, 11) is -0.295. The molecule has 0 aliphatic heterocycles. The van der Waals surface area contributed by atoms with Crippen molar-refractivity contribution in [3.63, 3.8) is 0 Å². The van der Waals surface area contributed by atoms with Crippen LogP contribution in [0.25, 0.3) is 0 Å². The maximum Gasteiger partial charge on any atom is 0.138 e. The Morgan fingerprint density at radius 3 is 2.27 bits per heavy atom. The maximum absolute atomic E-state index is 3.42. The summed E-state index contributed by atoms with van der Waals surface area (Å²) in [5, 5.41) is 0. The Kier molecular flexibility index (Phi) is 3.72. The molecule has 0 saturated heterocycles. The molecular formula is C10H17Si. The zero-order valence-corrected chi connectivity index (χ0v) is 8.61. The second kappa shape index (κ2) is 4.61. The highest BCUT2D eigenvalue weighted by molar-refractivity contribution is 6.64. The van der Waals surface area contributed by atoms with Crippen LogP contribution in [0.15, 0.2) is 0 Å². The van der Waals surface area contributed by atoms with Gasteiger partial charge in [0.1, 0.15) is 8.80 Å². The van der Waals surface area contributed by atoms with Gasteiger partial charge in [-0.15, -0.1) is 11.5 Å². The van der Waals surface area contributed by atoms with Gasteiger partial charge in [-0.3, -0.25) is 0 Å². The molecule has 0 nitrogen and oxygen atoms in total. The highest BCUT2D eigenvalue weighted by Gasteiger charge is 2.09. The van der Waals surface area contributed by atoms with E-state index < -0.39 is 0 Å². The first-order valence-corrected chi connectivity index (χ1v) is 7.11. The summed E-state index contributed by atoms with van der Waals surface area (Å²) < 4.78 is 0. The van der Waals surface area contributed by atoms with Crippen LogP contribution in [-0.4, -0.2) is 8.80 Å². The first-order chi connectivity index (χ1) is 5.29. The summed E-state index contributed by atoms with van der Waals surface area (Å²) in [4.78, 5) is 0. The van der Waals surface area contributed by atoms with E-state index in [-0.39, 0.29) is 8.80 Å². The van der Waals surface area contributed by atoms with Gasteiger partial charge in [0.2, 0.25) is 0 Å². The van der Waals surface area contributed by atoms with Crippen LogP contribution in [0.2, 0.25) is 13.1 Å². The molecule has 1 rings (SSSR count). The minimum Gasteiger partial charge on any atom is -0.133 e. The summed E-state index contributed by atoms with van der Waals surface area (Å²) in [5.74, 6) is 4.17. The SMILES string of the molecule is C[Si](C)C#CC1CCCCC1. The standard InChI is InChI=1S/C10H17Si/c1-11(2)9-8-10-6-4-3-5-7-10/h10H,3-7H2,1-2H3. The zero-order chi connectivity index (χ0) is 8.10. The van der Waals surface area contributed by atoms with Gasteiger partial charge in [0, 0.05) is 5.92 Å². The summed E-state index contributed by atoms with van der Waals surface area (Å²) in [6.07, 6.45) is 6.99. The van der Waals surface area contributed by atoms with Crippen molar-refractivity contribution in [3.05, 3.63) is 0 Å². The Balaban J connectivity index is 2.31. The van der Waals surface area contributed by atoms with E-state index in [9.17, 15) is 0 Å². The molecule has 0 aromatic carbocycles. The van der Waals surface area contributed by atoms with Crippen molar-refractivity contribution >= 4 is 8.80 Å². The molecule has 1 aliphatic rings. The predicted octanol–water partition coefficient (Wildman–Crippen LogP) is 2.86. The molecule has 61 valence electrons. The van der Waals surface area contributed by atoms with E-state index in [0.717, 1.165) is 5.92 Å². The molecule has 1 radical (unpaired) electrons. The normalized spacial score (nSPS) is 19.5. The average Bonchev–Trinajstić information content (AvgIpc) is 2.03. The van der Waals surface area contributed by atoms with Gasteiger partial charge < -0.3 is 0 Å². The topological polar surface area (TPSA) is 0 Å². The molecule has 0 unspecified atom stereocenters. The Morgan fingerprint density at radius 2 is 1.73 bits per heavy atom. The third-order valence-electron chi connectivity index (χ3n) is 2.13. The Bertz CT molecular complexity index is 155. The van der Waals surface area contributed by atoms with E-state index in [1.165, 1.54) is 32.1 Å². The number of rotatable bonds is 0. The van der Waals surface area contributed by atoms with Crippen LogP contribution < -0.4 is 0 Å². The highest BCUT2D eigenvalue weighted by atomic mass is 28.3. The monoisotopic (exact) mass is 165 g/mol. The van der Waals surface area contributed by atoms with E-state index in [0.29, 0.717) is 0 Å². The minimum atomic E-state index is -0.295. The summed E-state index contributed by atoms with van der Waals surface area (Å²) in [6.45, 7) is 4.53. The molecule has 0 aromatic heterocycles. The molecule has 1 saturated carbocycles. The molecule has 1 heteroatoms. The average molecular weight is 165 g/mol. The third kappa shape index (κ3) is 3.62. The molecule has 1 fully saturated rings. The Hall–Kier alpha value is -0.223. The summed E-state index contributed by atoms with van der Waals surface area (Å²) >= 11 is 0. The fraction of sp³-hybridized carbons (Fsp3) is 0.800. The largest absolute Gasteiger partial charge is 0.138 e. The van der Waals surface area contributed by atoms with Crippen LogP contribution in [0, 0.1) is 17.4 Å². The number of hydrogen-bond donors (Lipinski definition) is 0. The smallest absolute Gasteiger partial charge is 0.133 e. The Labute approximate surface area is 72.0 Å². The summed E-state index contributed by atoms with van der Waals surface area (Å²) in [5.41, 5.74) is 3.37. The van der Waals surface area contributed by atoms with E-state index in [2.05, 4.69) is 24.6 Å². The van der Waals surface area contributed by atoms with Crippen LogP contribution in [-0.2, 0) is 0 Å². The van der Waals surface area contributed by atoms with Gasteiger partial charge in [0.05, 0.1) is 0 Å². The van der Waals surface area contributed by atoms with Gasteiger partial charge in [-0.1, -0.05) is 32.4 Å². The second-order valence-electron chi connectivity index (χ2n) is 3.60. The maximum atomic E-state index is 3.42. The van der Waals surface area contributed by atoms with Crippen molar-refractivity contribution < 1.29 is 0 Å². The van der Waals surface area contributed by atoms with E-state index in [1.54, 1.807) is 0 Å². The van der Waals surface area contributed by atoms with Crippen molar-refractivity contribution in [2.24, 2.45) is 5.92 Å². The molecule has 0 aromatic rings. The quantitative estimate of drug-likeness (QED) is 0.382. The molecular weight excluding hydrogens is 148 g/mol. The van der Waals surface area contributed by atoms with Gasteiger partial charge in [-0.25, -0.2) is 0 Å². The fourth-order valence-electron chi connectivity index (χ4n) is 1.49. The van der Waals surface area contributed by atoms with Crippen LogP contribution in [0.5, 0.6) is 0 Å². The van der Waals surface area contributed by atoms with Crippen molar-refractivity contribution in [2.75, 3.05) is 0 Å². The van der Waals surface area contributed by atoms with E-state index in [4.69, 9.17) is 0 Å². The minimum absolute atomic E-state index is 0.295. The lowest BCUT2D eigenvalue weighted by atomic mass is 9.90. The fourth-order valence-corrected chi connectivity index (χ4v) is 1.99. The molecule has 0 amide bonds. The van der Waals surface area contributed by atoms with Gasteiger partial charge in [-0.05, 0) is 12.8 Å². The summed E-state index contributed by atoms with van der Waals surface area (Å²) in [6, 6.07) is 0. The predicted molar refractivity (Wildman–Crippen MR) is 51.8 cm³/mol. The molecule has 0 bridgehead atoms. The zero-order valence-electron chi connectivity index (χ0n) is 7.61. The van der Waals surface area contributed by atoms with Crippen LogP contribution in [0.3, 0.4) is 0 Å². The molecule has 11 heavy (non-hydrogen) atoms. The van der Waals surface area contributed by atoms with E-state index in [1.807, 2.05) is 0 Å². The molecule has 0 spiro atoms. The lowest BCUT2D eigenvalue weighted by molar-refractivity contribution is 0.430. The Morgan fingerprint density at radius 1 is 1.09 bits per heavy atom. The van der Waals surface area contributed by atoms with Crippen molar-refractivity contribution in [3.8, 4) is 11.5 Å². The number of hydrogen-bond acceptors (Lipinski definition) is 0. The van der Waals surface area contributed by atoms with Gasteiger partial charge in [-0.2, -0.15) is 0 Å². The van der Waals surface area contributed by atoms with Gasteiger partial charge >= 0.3 is 0 Å². The third-order valence-corrected chi connectivity index (χ3v) is 2.78. The molecule has 0 atom stereocenters. The van der Waals surface area contributed by atoms with Gasteiger partial charge in [0.15, 0.2) is 0 Å².